The van der Waals surface area contributed by atoms with Gasteiger partial charge in [0.25, 0.3) is 5.91 Å². The minimum Gasteiger partial charge on any atom is -0.440 e. The average molecular weight is 306 g/mol. The van der Waals surface area contributed by atoms with Crippen LogP contribution in [0.25, 0.3) is 5.69 Å². The minimum absolute atomic E-state index is 0.103. The molecular formula is C17H14N4O2. The molecule has 2 heterocycles. The van der Waals surface area contributed by atoms with E-state index in [2.05, 4.69) is 10.3 Å². The Kier molecular flexibility index (Phi) is 3.69. The number of rotatable bonds is 3. The molecule has 3 aromatic rings. The Bertz CT molecular complexity index is 898. The van der Waals surface area contributed by atoms with Crippen LogP contribution < -0.4 is 5.32 Å². The summed E-state index contributed by atoms with van der Waals surface area (Å²) in [6, 6.07) is 12.2. The number of amides is 1. The minimum atomic E-state index is -0.395. The van der Waals surface area contributed by atoms with Crippen LogP contribution in [0.5, 0.6) is 0 Å². The molecule has 23 heavy (non-hydrogen) atoms. The fourth-order valence-electron chi connectivity index (χ4n) is 2.18. The van der Waals surface area contributed by atoms with E-state index >= 15 is 0 Å². The third-order valence-corrected chi connectivity index (χ3v) is 3.60. The monoisotopic (exact) mass is 306 g/mol. The topological polar surface area (TPSA) is 83.9 Å². The van der Waals surface area contributed by atoms with Gasteiger partial charge in [-0.2, -0.15) is 5.26 Å². The van der Waals surface area contributed by atoms with E-state index in [9.17, 15) is 4.79 Å². The predicted octanol–water partition coefficient (Wildman–Crippen LogP) is 3.21. The Hall–Kier alpha value is -3.33. The van der Waals surface area contributed by atoms with Crippen molar-refractivity contribution in [2.45, 2.75) is 13.8 Å². The van der Waals surface area contributed by atoms with Crippen LogP contribution >= 0.6 is 0 Å². The van der Waals surface area contributed by atoms with Gasteiger partial charge in [-0.3, -0.25) is 4.79 Å². The van der Waals surface area contributed by atoms with Crippen molar-refractivity contribution in [2.75, 3.05) is 5.32 Å². The molecule has 1 amide bonds. The first-order chi connectivity index (χ1) is 11.1. The normalized spacial score (nSPS) is 10.3. The molecular weight excluding hydrogens is 292 g/mol. The number of nitriles is 1. The molecule has 2 aromatic heterocycles. The van der Waals surface area contributed by atoms with Gasteiger partial charge in [0.2, 0.25) is 5.76 Å². The van der Waals surface area contributed by atoms with E-state index in [1.54, 1.807) is 18.5 Å². The second kappa shape index (κ2) is 5.81. The van der Waals surface area contributed by atoms with Crippen LogP contribution in [0.1, 0.15) is 27.7 Å². The summed E-state index contributed by atoms with van der Waals surface area (Å²) >= 11 is 0. The molecule has 0 bridgehead atoms. The second-order valence-electron chi connectivity index (χ2n) is 5.06. The van der Waals surface area contributed by atoms with Crippen LogP contribution in [0.3, 0.4) is 0 Å². The fourth-order valence-corrected chi connectivity index (χ4v) is 2.18. The van der Waals surface area contributed by atoms with E-state index in [-0.39, 0.29) is 11.5 Å². The van der Waals surface area contributed by atoms with Gasteiger partial charge in [0.15, 0.2) is 5.76 Å². The Morgan fingerprint density at radius 1 is 1.22 bits per heavy atom. The van der Waals surface area contributed by atoms with Crippen LogP contribution in [-0.2, 0) is 0 Å². The van der Waals surface area contributed by atoms with Gasteiger partial charge in [-0.1, -0.05) is 0 Å². The van der Waals surface area contributed by atoms with Crippen LogP contribution in [0.4, 0.5) is 5.69 Å². The molecule has 0 aliphatic carbocycles. The third kappa shape index (κ3) is 2.85. The molecule has 1 N–H and O–H groups in total. The van der Waals surface area contributed by atoms with Crippen molar-refractivity contribution in [1.29, 1.82) is 5.26 Å². The summed E-state index contributed by atoms with van der Waals surface area (Å²) in [5, 5.41) is 11.4. The Morgan fingerprint density at radius 3 is 2.52 bits per heavy atom. The number of nitrogens with one attached hydrogen (secondary N) is 1. The fraction of sp³-hybridized carbons (Fsp3) is 0.118. The van der Waals surface area contributed by atoms with Crippen molar-refractivity contribution < 1.29 is 9.21 Å². The van der Waals surface area contributed by atoms with Gasteiger partial charge in [-0.15, -0.1) is 0 Å². The predicted molar refractivity (Wildman–Crippen MR) is 84.4 cm³/mol. The van der Waals surface area contributed by atoms with E-state index in [0.717, 1.165) is 17.1 Å². The quantitative estimate of drug-likeness (QED) is 0.805. The number of aryl methyl sites for hydroxylation is 1. The number of carbonyl (C=O) groups excluding carboxylic acids is 1. The summed E-state index contributed by atoms with van der Waals surface area (Å²) in [6.45, 7) is 3.96. The van der Waals surface area contributed by atoms with Gasteiger partial charge >= 0.3 is 0 Å². The SMILES string of the molecule is Cc1ncn(-c2ccc(NC(=O)c3ccc(C#N)o3)cc2)c1C. The van der Waals surface area contributed by atoms with E-state index in [0.29, 0.717) is 5.69 Å². The zero-order valence-electron chi connectivity index (χ0n) is 12.7. The molecule has 0 aliphatic rings. The van der Waals surface area contributed by atoms with Gasteiger partial charge < -0.3 is 14.3 Å². The summed E-state index contributed by atoms with van der Waals surface area (Å²) in [4.78, 5) is 16.3. The summed E-state index contributed by atoms with van der Waals surface area (Å²) < 4.78 is 7.07. The van der Waals surface area contributed by atoms with Gasteiger partial charge in [0, 0.05) is 17.1 Å². The highest BCUT2D eigenvalue weighted by molar-refractivity contribution is 6.02. The number of benzene rings is 1. The number of hydrogen-bond donors (Lipinski definition) is 1. The van der Waals surface area contributed by atoms with Gasteiger partial charge in [-0.25, -0.2) is 4.98 Å². The number of carbonyl (C=O) groups is 1. The standard InChI is InChI=1S/C17H14N4O2/c1-11-12(2)21(10-19-11)14-5-3-13(4-6-14)20-17(22)16-8-7-15(9-18)23-16/h3-8,10H,1-2H3,(H,20,22). The molecule has 1 aromatic carbocycles. The van der Waals surface area contributed by atoms with E-state index < -0.39 is 5.91 Å². The molecule has 114 valence electrons. The van der Waals surface area contributed by atoms with Gasteiger partial charge in [-0.05, 0) is 50.2 Å². The molecule has 0 aliphatic heterocycles. The first kappa shape index (κ1) is 14.6. The van der Waals surface area contributed by atoms with Crippen molar-refractivity contribution in [3.8, 4) is 11.8 Å². The molecule has 3 rings (SSSR count). The lowest BCUT2D eigenvalue weighted by atomic mass is 10.2. The maximum Gasteiger partial charge on any atom is 0.291 e. The molecule has 6 nitrogen and oxygen atoms in total. The zero-order valence-corrected chi connectivity index (χ0v) is 12.7. The highest BCUT2D eigenvalue weighted by Gasteiger charge is 2.11. The van der Waals surface area contributed by atoms with Gasteiger partial charge in [0.05, 0.1) is 12.0 Å². The molecule has 0 atom stereocenters. The smallest absolute Gasteiger partial charge is 0.291 e. The Balaban J connectivity index is 1.76. The van der Waals surface area contributed by atoms with Crippen LogP contribution in [-0.4, -0.2) is 15.5 Å². The zero-order chi connectivity index (χ0) is 16.4. The molecule has 0 spiro atoms. The van der Waals surface area contributed by atoms with Crippen molar-refractivity contribution in [1.82, 2.24) is 9.55 Å². The molecule has 0 unspecified atom stereocenters. The number of aromatic nitrogens is 2. The number of furan rings is 1. The third-order valence-electron chi connectivity index (χ3n) is 3.60. The molecule has 0 radical (unpaired) electrons. The number of hydrogen-bond acceptors (Lipinski definition) is 4. The molecule has 6 heteroatoms. The van der Waals surface area contributed by atoms with Crippen LogP contribution in [0.2, 0.25) is 0 Å². The maximum atomic E-state index is 12.0. The van der Waals surface area contributed by atoms with E-state index in [4.69, 9.17) is 9.68 Å². The van der Waals surface area contributed by atoms with Crippen molar-refractivity contribution in [3.05, 3.63) is 65.6 Å². The highest BCUT2D eigenvalue weighted by atomic mass is 16.3. The number of nitrogens with zero attached hydrogens (tertiary/aromatic N) is 3. The first-order valence-corrected chi connectivity index (χ1v) is 7.01. The lowest BCUT2D eigenvalue weighted by Crippen LogP contribution is -2.10. The van der Waals surface area contributed by atoms with Crippen LogP contribution in [0, 0.1) is 25.2 Å². The van der Waals surface area contributed by atoms with E-state index in [1.807, 2.05) is 36.6 Å². The van der Waals surface area contributed by atoms with Crippen molar-refractivity contribution in [2.24, 2.45) is 0 Å². The molecule has 0 saturated carbocycles. The lowest BCUT2D eigenvalue weighted by Gasteiger charge is -2.07. The first-order valence-electron chi connectivity index (χ1n) is 7.01. The van der Waals surface area contributed by atoms with Crippen molar-refractivity contribution >= 4 is 11.6 Å². The summed E-state index contributed by atoms with van der Waals surface area (Å²) in [7, 11) is 0. The highest BCUT2D eigenvalue weighted by Crippen LogP contribution is 2.17. The largest absolute Gasteiger partial charge is 0.440 e. The van der Waals surface area contributed by atoms with Crippen molar-refractivity contribution in [3.63, 3.8) is 0 Å². The molecule has 0 saturated heterocycles. The Morgan fingerprint density at radius 2 is 1.96 bits per heavy atom. The van der Waals surface area contributed by atoms with Crippen LogP contribution in [0.15, 0.2) is 47.1 Å². The van der Waals surface area contributed by atoms with Gasteiger partial charge in [0.1, 0.15) is 6.07 Å². The molecule has 0 fully saturated rings. The Labute approximate surface area is 133 Å². The lowest BCUT2D eigenvalue weighted by molar-refractivity contribution is 0.0996. The number of anilines is 1. The van der Waals surface area contributed by atoms with E-state index in [1.165, 1.54) is 12.1 Å². The summed E-state index contributed by atoms with van der Waals surface area (Å²) in [5.41, 5.74) is 3.66. The second-order valence-corrected chi connectivity index (χ2v) is 5.06. The summed E-state index contributed by atoms with van der Waals surface area (Å²) in [5.74, 6) is -0.183. The summed E-state index contributed by atoms with van der Waals surface area (Å²) in [6.07, 6.45) is 1.77. The number of imidazole rings is 1. The maximum absolute atomic E-state index is 12.0. The average Bonchev–Trinajstić information content (AvgIpc) is 3.16.